The highest BCUT2D eigenvalue weighted by Gasteiger charge is 2.24. The number of hydrogen-bond acceptors (Lipinski definition) is 3. The van der Waals surface area contributed by atoms with Gasteiger partial charge in [-0.3, -0.25) is 0 Å². The largest absolute Gasteiger partial charge is 0.378 e. The average Bonchev–Trinajstić information content (AvgIpc) is 2.78. The molecule has 1 atom stereocenters. The van der Waals surface area contributed by atoms with Crippen LogP contribution in [0, 0.1) is 6.92 Å². The Morgan fingerprint density at radius 1 is 1.21 bits per heavy atom. The molecular weight excluding hydrogens is 236 g/mol. The Morgan fingerprint density at radius 3 is 2.63 bits per heavy atom. The number of aryl methyl sites for hydroxylation is 1. The van der Waals surface area contributed by atoms with E-state index in [0.29, 0.717) is 0 Å². The van der Waals surface area contributed by atoms with Crippen molar-refractivity contribution in [3.8, 4) is 0 Å². The molecule has 3 rings (SSSR count). The van der Waals surface area contributed by atoms with E-state index in [9.17, 15) is 0 Å². The Morgan fingerprint density at radius 2 is 1.95 bits per heavy atom. The second kappa shape index (κ2) is 4.70. The second-order valence-corrected chi connectivity index (χ2v) is 5.31. The first-order valence-electron chi connectivity index (χ1n) is 6.71. The van der Waals surface area contributed by atoms with E-state index in [4.69, 9.17) is 0 Å². The van der Waals surface area contributed by atoms with Crippen LogP contribution in [0.25, 0.3) is 0 Å². The minimum atomic E-state index is 0.213. The van der Waals surface area contributed by atoms with Gasteiger partial charge >= 0.3 is 0 Å². The van der Waals surface area contributed by atoms with Crippen molar-refractivity contribution in [1.29, 1.82) is 0 Å². The van der Waals surface area contributed by atoms with Gasteiger partial charge in [-0.1, -0.05) is 12.1 Å². The number of rotatable bonds is 2. The van der Waals surface area contributed by atoms with E-state index in [2.05, 4.69) is 58.5 Å². The molecule has 0 fully saturated rings. The lowest BCUT2D eigenvalue weighted by atomic mass is 9.98. The third-order valence-electron chi connectivity index (χ3n) is 3.67. The summed E-state index contributed by atoms with van der Waals surface area (Å²) in [5.41, 5.74) is 4.93. The maximum Gasteiger partial charge on any atom is 0.103 e. The van der Waals surface area contributed by atoms with E-state index in [-0.39, 0.29) is 6.04 Å². The Bertz CT molecular complexity index is 568. The standard InChI is InChI=1S/C15H20N4/c1-10-17-13-8-9-16-14(15(13)18-10)11-4-6-12(7-5-11)19(2)3/h4-7,14,16H,8-9H2,1-3H3,(H,17,18). The van der Waals surface area contributed by atoms with E-state index in [1.165, 1.54) is 16.9 Å². The molecule has 4 heteroatoms. The van der Waals surface area contributed by atoms with Crippen LogP contribution in [-0.4, -0.2) is 30.6 Å². The van der Waals surface area contributed by atoms with Gasteiger partial charge in [-0.15, -0.1) is 0 Å². The number of anilines is 1. The van der Waals surface area contributed by atoms with Crippen molar-refractivity contribution >= 4 is 5.69 Å². The molecule has 1 unspecified atom stereocenters. The molecule has 19 heavy (non-hydrogen) atoms. The first-order chi connectivity index (χ1) is 9.15. The van der Waals surface area contributed by atoms with Crippen molar-refractivity contribution in [3.63, 3.8) is 0 Å². The Hall–Kier alpha value is -1.81. The highest BCUT2D eigenvalue weighted by Crippen LogP contribution is 2.28. The molecule has 1 aliphatic rings. The number of aromatic amines is 1. The molecule has 1 aromatic carbocycles. The average molecular weight is 256 g/mol. The lowest BCUT2D eigenvalue weighted by Crippen LogP contribution is -2.30. The quantitative estimate of drug-likeness (QED) is 0.864. The summed E-state index contributed by atoms with van der Waals surface area (Å²) in [6.45, 7) is 3.01. The van der Waals surface area contributed by atoms with Crippen molar-refractivity contribution in [2.45, 2.75) is 19.4 Å². The lowest BCUT2D eigenvalue weighted by Gasteiger charge is -2.24. The fourth-order valence-corrected chi connectivity index (χ4v) is 2.67. The molecule has 0 saturated carbocycles. The lowest BCUT2D eigenvalue weighted by molar-refractivity contribution is 0.553. The van der Waals surface area contributed by atoms with Gasteiger partial charge in [-0.2, -0.15) is 0 Å². The van der Waals surface area contributed by atoms with Gasteiger partial charge in [0.05, 0.1) is 11.7 Å². The first kappa shape index (κ1) is 12.2. The summed E-state index contributed by atoms with van der Waals surface area (Å²) in [6, 6.07) is 8.90. The van der Waals surface area contributed by atoms with Crippen LogP contribution in [0.5, 0.6) is 0 Å². The molecule has 0 bridgehead atoms. The topological polar surface area (TPSA) is 44.0 Å². The van der Waals surface area contributed by atoms with Crippen LogP contribution in [0.1, 0.15) is 28.8 Å². The van der Waals surface area contributed by atoms with Gasteiger partial charge in [0.1, 0.15) is 5.82 Å². The molecule has 0 radical (unpaired) electrons. The number of fused-ring (bicyclic) bond motifs is 1. The van der Waals surface area contributed by atoms with E-state index in [1.54, 1.807) is 0 Å². The minimum absolute atomic E-state index is 0.213. The third-order valence-corrected chi connectivity index (χ3v) is 3.67. The molecule has 100 valence electrons. The van der Waals surface area contributed by atoms with Crippen molar-refractivity contribution in [2.75, 3.05) is 25.5 Å². The molecule has 2 N–H and O–H groups in total. The zero-order chi connectivity index (χ0) is 13.4. The zero-order valence-corrected chi connectivity index (χ0v) is 11.7. The second-order valence-electron chi connectivity index (χ2n) is 5.31. The fourth-order valence-electron chi connectivity index (χ4n) is 2.67. The van der Waals surface area contributed by atoms with Gasteiger partial charge in [0.15, 0.2) is 0 Å². The maximum atomic E-state index is 4.64. The fraction of sp³-hybridized carbons (Fsp3) is 0.400. The van der Waals surface area contributed by atoms with E-state index in [1.807, 2.05) is 6.92 Å². The van der Waals surface area contributed by atoms with Crippen molar-refractivity contribution in [3.05, 3.63) is 47.0 Å². The summed E-state index contributed by atoms with van der Waals surface area (Å²) in [5, 5.41) is 3.56. The van der Waals surface area contributed by atoms with E-state index in [0.717, 1.165) is 24.5 Å². The highest BCUT2D eigenvalue weighted by atomic mass is 15.1. The molecular formula is C15H20N4. The number of benzene rings is 1. The smallest absolute Gasteiger partial charge is 0.103 e. The van der Waals surface area contributed by atoms with Crippen LogP contribution in [-0.2, 0) is 6.42 Å². The van der Waals surface area contributed by atoms with Gasteiger partial charge < -0.3 is 15.2 Å². The summed E-state index contributed by atoms with van der Waals surface area (Å²) in [7, 11) is 4.12. The molecule has 1 aromatic heterocycles. The van der Waals surface area contributed by atoms with Crippen molar-refractivity contribution in [2.24, 2.45) is 0 Å². The van der Waals surface area contributed by atoms with Crippen LogP contribution in [0.3, 0.4) is 0 Å². The summed E-state index contributed by atoms with van der Waals surface area (Å²) >= 11 is 0. The molecule has 0 amide bonds. The zero-order valence-electron chi connectivity index (χ0n) is 11.7. The van der Waals surface area contributed by atoms with Gasteiger partial charge in [-0.25, -0.2) is 4.98 Å². The predicted molar refractivity (Wildman–Crippen MR) is 77.6 cm³/mol. The normalized spacial score (nSPS) is 18.2. The van der Waals surface area contributed by atoms with Crippen molar-refractivity contribution < 1.29 is 0 Å². The van der Waals surface area contributed by atoms with Gasteiger partial charge in [0, 0.05) is 38.4 Å². The summed E-state index contributed by atoms with van der Waals surface area (Å²) in [6.07, 6.45) is 1.03. The molecule has 1 aliphatic heterocycles. The van der Waals surface area contributed by atoms with Gasteiger partial charge in [0.2, 0.25) is 0 Å². The summed E-state index contributed by atoms with van der Waals surface area (Å²) in [5.74, 6) is 1.00. The first-order valence-corrected chi connectivity index (χ1v) is 6.71. The molecule has 2 heterocycles. The molecule has 0 spiro atoms. The predicted octanol–water partition coefficient (Wildman–Crippen LogP) is 2.02. The minimum Gasteiger partial charge on any atom is -0.378 e. The Kier molecular flexibility index (Phi) is 3.03. The van der Waals surface area contributed by atoms with Crippen LogP contribution >= 0.6 is 0 Å². The number of H-pyrrole nitrogens is 1. The number of nitrogens with one attached hydrogen (secondary N) is 2. The Labute approximate surface area is 113 Å². The third kappa shape index (κ3) is 2.24. The number of aromatic nitrogens is 2. The Balaban J connectivity index is 1.94. The van der Waals surface area contributed by atoms with E-state index >= 15 is 0 Å². The number of hydrogen-bond donors (Lipinski definition) is 2. The van der Waals surface area contributed by atoms with Crippen LogP contribution in [0.4, 0.5) is 5.69 Å². The van der Waals surface area contributed by atoms with Gasteiger partial charge in [-0.05, 0) is 24.6 Å². The highest BCUT2D eigenvalue weighted by molar-refractivity contribution is 5.47. The molecule has 2 aromatic rings. The van der Waals surface area contributed by atoms with Crippen LogP contribution < -0.4 is 10.2 Å². The van der Waals surface area contributed by atoms with E-state index < -0.39 is 0 Å². The number of nitrogens with zero attached hydrogens (tertiary/aromatic N) is 2. The SMILES string of the molecule is Cc1nc2c([nH]1)CCNC2c1ccc(N(C)C)cc1. The molecule has 0 saturated heterocycles. The molecule has 0 aliphatic carbocycles. The van der Waals surface area contributed by atoms with Crippen LogP contribution in [0.15, 0.2) is 24.3 Å². The number of imidazole rings is 1. The monoisotopic (exact) mass is 256 g/mol. The van der Waals surface area contributed by atoms with Crippen LogP contribution in [0.2, 0.25) is 0 Å². The van der Waals surface area contributed by atoms with Crippen molar-refractivity contribution in [1.82, 2.24) is 15.3 Å². The van der Waals surface area contributed by atoms with Gasteiger partial charge in [0.25, 0.3) is 0 Å². The summed E-state index contributed by atoms with van der Waals surface area (Å²) in [4.78, 5) is 10.1. The molecule has 4 nitrogen and oxygen atoms in total. The summed E-state index contributed by atoms with van der Waals surface area (Å²) < 4.78 is 0. The maximum absolute atomic E-state index is 4.64.